The Kier molecular flexibility index (Phi) is 5.34. The fraction of sp³-hybridized carbons (Fsp3) is 0.167. The number of fused-ring (bicyclic) bond motifs is 6. The topological polar surface area (TPSA) is 100.0 Å². The highest BCUT2D eigenvalue weighted by Crippen LogP contribution is 2.56. The van der Waals surface area contributed by atoms with Crippen LogP contribution in [0.5, 0.6) is 0 Å². The molecule has 0 saturated carbocycles. The normalized spacial score (nSPS) is 18.5. The number of nitrogens with zero attached hydrogens (tertiary/aromatic N) is 3. The summed E-state index contributed by atoms with van der Waals surface area (Å²) in [5, 5.41) is 0. The second kappa shape index (κ2) is 8.62. The zero-order valence-corrected chi connectivity index (χ0v) is 21.2. The molecule has 1 aliphatic heterocycles. The Hall–Kier alpha value is -4.85. The number of methoxy groups -OCH3 is 2. The average Bonchev–Trinajstić information content (AvgIpc) is 3.41. The van der Waals surface area contributed by atoms with Crippen LogP contribution in [0.4, 0.5) is 5.69 Å². The third-order valence-electron chi connectivity index (χ3n) is 6.96. The molecule has 1 aromatic heterocycles. The van der Waals surface area contributed by atoms with Gasteiger partial charge in [0, 0.05) is 11.1 Å². The van der Waals surface area contributed by atoms with Crippen LogP contribution in [0.2, 0.25) is 0 Å². The average molecular weight is 506 g/mol. The Morgan fingerprint density at radius 3 is 2.13 bits per heavy atom. The van der Waals surface area contributed by atoms with Crippen LogP contribution in [-0.4, -0.2) is 42.0 Å². The van der Waals surface area contributed by atoms with Crippen LogP contribution in [0.25, 0.3) is 22.3 Å². The molecule has 0 radical (unpaired) electrons. The van der Waals surface area contributed by atoms with E-state index in [0.29, 0.717) is 33.7 Å². The molecule has 3 aromatic carbocycles. The van der Waals surface area contributed by atoms with Crippen LogP contribution in [0.3, 0.4) is 0 Å². The molecule has 1 aliphatic carbocycles. The summed E-state index contributed by atoms with van der Waals surface area (Å²) in [4.78, 5) is 41.5. The van der Waals surface area contributed by atoms with Crippen molar-refractivity contribution in [3.63, 3.8) is 0 Å². The van der Waals surface area contributed by atoms with E-state index < -0.39 is 17.5 Å². The van der Waals surface area contributed by atoms with Crippen molar-refractivity contribution in [2.45, 2.75) is 19.4 Å². The smallest absolute Gasteiger partial charge is 0.344 e. The number of ether oxygens (including phenoxy) is 3. The maximum Gasteiger partial charge on any atom is 0.344 e. The van der Waals surface area contributed by atoms with Crippen LogP contribution in [0.1, 0.15) is 22.4 Å². The molecule has 8 nitrogen and oxygen atoms in total. The van der Waals surface area contributed by atoms with Crippen molar-refractivity contribution in [1.29, 1.82) is 0 Å². The lowest BCUT2D eigenvalue weighted by Crippen LogP contribution is -2.33. The molecule has 188 valence electrons. The quantitative estimate of drug-likeness (QED) is 0.366. The minimum Gasteiger partial charge on any atom is -0.466 e. The molecule has 4 aromatic rings. The minimum absolute atomic E-state index is 0.0485. The molecule has 1 spiro atoms. The van der Waals surface area contributed by atoms with E-state index in [2.05, 4.69) is 0 Å². The fourth-order valence-electron chi connectivity index (χ4n) is 5.25. The lowest BCUT2D eigenvalue weighted by Gasteiger charge is -2.27. The second-order valence-electron chi connectivity index (χ2n) is 9.13. The Morgan fingerprint density at radius 2 is 1.45 bits per heavy atom. The third-order valence-corrected chi connectivity index (χ3v) is 6.96. The molecule has 2 aliphatic rings. The van der Waals surface area contributed by atoms with E-state index in [-0.39, 0.29) is 17.0 Å². The van der Waals surface area contributed by atoms with Crippen molar-refractivity contribution in [3.05, 3.63) is 100 Å². The van der Waals surface area contributed by atoms with E-state index in [4.69, 9.17) is 29.2 Å². The van der Waals surface area contributed by atoms with Crippen LogP contribution in [-0.2, 0) is 29.4 Å². The first-order valence-electron chi connectivity index (χ1n) is 12.0. The number of rotatable bonds is 3. The van der Waals surface area contributed by atoms with Gasteiger partial charge in [-0.1, -0.05) is 54.6 Å². The Bertz CT molecular complexity index is 1720. The summed E-state index contributed by atoms with van der Waals surface area (Å²) in [6.45, 7) is 3.83. The first-order valence-corrected chi connectivity index (χ1v) is 12.0. The molecule has 0 amide bonds. The second-order valence-corrected chi connectivity index (χ2v) is 9.13. The minimum atomic E-state index is -1.62. The monoisotopic (exact) mass is 505 g/mol. The first-order chi connectivity index (χ1) is 18.4. The number of aryl methyl sites for hydroxylation is 2. The van der Waals surface area contributed by atoms with E-state index in [1.807, 2.05) is 80.6 Å². The first kappa shape index (κ1) is 23.5. The van der Waals surface area contributed by atoms with Crippen LogP contribution in [0.15, 0.2) is 82.9 Å². The van der Waals surface area contributed by atoms with Gasteiger partial charge in [0.05, 0.1) is 36.6 Å². The van der Waals surface area contributed by atoms with Gasteiger partial charge in [0.25, 0.3) is 0 Å². The van der Waals surface area contributed by atoms with Gasteiger partial charge in [-0.25, -0.2) is 24.5 Å². The number of carbonyl (C=O) groups is 2. The molecule has 8 heteroatoms. The van der Waals surface area contributed by atoms with Crippen molar-refractivity contribution in [2.75, 3.05) is 14.2 Å². The number of hydrogen-bond donors (Lipinski definition) is 0. The van der Waals surface area contributed by atoms with E-state index in [0.717, 1.165) is 16.7 Å². The lowest BCUT2D eigenvalue weighted by molar-refractivity contribution is -0.139. The zero-order chi connectivity index (χ0) is 26.6. The summed E-state index contributed by atoms with van der Waals surface area (Å²) in [6, 6.07) is 20.6. The predicted octanol–water partition coefficient (Wildman–Crippen LogP) is 4.87. The summed E-state index contributed by atoms with van der Waals surface area (Å²) in [7, 11) is 2.50. The Balaban J connectivity index is 1.74. The molecule has 1 atom stereocenters. The summed E-state index contributed by atoms with van der Waals surface area (Å²) in [6.07, 6.45) is 0. The van der Waals surface area contributed by atoms with Gasteiger partial charge >= 0.3 is 11.9 Å². The van der Waals surface area contributed by atoms with Gasteiger partial charge in [0.2, 0.25) is 11.5 Å². The van der Waals surface area contributed by atoms with Crippen LogP contribution < -0.4 is 0 Å². The van der Waals surface area contributed by atoms with Gasteiger partial charge in [0.15, 0.2) is 0 Å². The van der Waals surface area contributed by atoms with Crippen molar-refractivity contribution in [1.82, 2.24) is 9.97 Å². The molecular formula is C30H23N3O5. The zero-order valence-electron chi connectivity index (χ0n) is 21.2. The van der Waals surface area contributed by atoms with Crippen molar-refractivity contribution in [3.8, 4) is 11.3 Å². The molecular weight excluding hydrogens is 482 g/mol. The predicted molar refractivity (Wildman–Crippen MR) is 141 cm³/mol. The SMILES string of the molecule is COC(=O)C1=C(C(=O)OC)C2(OC1=Nc1c(C)cccc1C)c1ccccc1-c1nc3ccccc3nc12. The van der Waals surface area contributed by atoms with Gasteiger partial charge in [-0.15, -0.1) is 0 Å². The molecule has 0 N–H and O–H groups in total. The van der Waals surface area contributed by atoms with E-state index in [1.165, 1.54) is 14.2 Å². The number of hydrogen-bond acceptors (Lipinski definition) is 8. The summed E-state index contributed by atoms with van der Waals surface area (Å²) in [5.74, 6) is -1.58. The Labute approximate surface area is 218 Å². The van der Waals surface area contributed by atoms with Crippen LogP contribution >= 0.6 is 0 Å². The molecule has 0 saturated heterocycles. The summed E-state index contributed by atoms with van der Waals surface area (Å²) >= 11 is 0. The van der Waals surface area contributed by atoms with Gasteiger partial charge in [-0.05, 0) is 37.1 Å². The summed E-state index contributed by atoms with van der Waals surface area (Å²) < 4.78 is 17.0. The highest BCUT2D eigenvalue weighted by Gasteiger charge is 2.61. The van der Waals surface area contributed by atoms with Crippen molar-refractivity contribution in [2.24, 2.45) is 4.99 Å². The third kappa shape index (κ3) is 3.19. The van der Waals surface area contributed by atoms with E-state index in [1.54, 1.807) is 0 Å². The highest BCUT2D eigenvalue weighted by molar-refractivity contribution is 6.25. The van der Waals surface area contributed by atoms with Gasteiger partial charge in [0.1, 0.15) is 16.8 Å². The maximum absolute atomic E-state index is 13.6. The molecule has 2 heterocycles. The number of aromatic nitrogens is 2. The fourth-order valence-corrected chi connectivity index (χ4v) is 5.25. The molecule has 1 unspecified atom stereocenters. The Morgan fingerprint density at radius 1 is 0.816 bits per heavy atom. The van der Waals surface area contributed by atoms with Crippen LogP contribution in [0, 0.1) is 13.8 Å². The highest BCUT2D eigenvalue weighted by atomic mass is 16.6. The largest absolute Gasteiger partial charge is 0.466 e. The van der Waals surface area contributed by atoms with Crippen molar-refractivity contribution >= 4 is 34.6 Å². The number of benzene rings is 3. The van der Waals surface area contributed by atoms with Gasteiger partial charge in [-0.2, -0.15) is 0 Å². The van der Waals surface area contributed by atoms with E-state index in [9.17, 15) is 9.59 Å². The standard InChI is InChI=1S/C30H23N3O5/c1-16-10-9-11-17(2)24(16)33-27-22(28(34)36-3)23(29(35)37-4)30(38-27)19-13-6-5-12-18(19)25-26(30)32-21-15-8-7-14-20(21)31-25/h5-15H,1-4H3. The number of para-hydroxylation sites is 3. The molecule has 6 rings (SSSR count). The molecule has 38 heavy (non-hydrogen) atoms. The maximum atomic E-state index is 13.6. The number of aliphatic imine (C=N–C) groups is 1. The summed E-state index contributed by atoms with van der Waals surface area (Å²) in [5.41, 5.74) is 4.20. The van der Waals surface area contributed by atoms with Crippen molar-refractivity contribution < 1.29 is 23.8 Å². The van der Waals surface area contributed by atoms with Gasteiger partial charge < -0.3 is 14.2 Å². The number of esters is 2. The van der Waals surface area contributed by atoms with Gasteiger partial charge in [-0.3, -0.25) is 0 Å². The molecule has 0 fully saturated rings. The lowest BCUT2D eigenvalue weighted by atomic mass is 9.85. The van der Waals surface area contributed by atoms with E-state index >= 15 is 0 Å². The number of carbonyl (C=O) groups excluding carboxylic acids is 2. The molecule has 0 bridgehead atoms.